The van der Waals surface area contributed by atoms with E-state index in [9.17, 15) is 0 Å². The molecule has 0 saturated carbocycles. The summed E-state index contributed by atoms with van der Waals surface area (Å²) in [7, 11) is 0. The lowest BCUT2D eigenvalue weighted by atomic mass is 10.1. The van der Waals surface area contributed by atoms with Crippen LogP contribution in [-0.4, -0.2) is 0 Å². The van der Waals surface area contributed by atoms with E-state index in [1.807, 2.05) is 30.3 Å². The Morgan fingerprint density at radius 3 is 2.62 bits per heavy atom. The first-order valence-corrected chi connectivity index (χ1v) is 6.58. The number of halogens is 3. The Morgan fingerprint density at radius 2 is 1.81 bits per heavy atom. The molecule has 0 bridgehead atoms. The van der Waals surface area contributed by atoms with Crippen LogP contribution in [-0.2, 0) is 0 Å². The van der Waals surface area contributed by atoms with Crippen molar-refractivity contribution in [3.63, 3.8) is 0 Å². The summed E-state index contributed by atoms with van der Waals surface area (Å²) in [6.07, 6.45) is 0. The minimum Gasteiger partial charge on any atom is -0.455 e. The van der Waals surface area contributed by atoms with E-state index in [1.54, 1.807) is 0 Å². The summed E-state index contributed by atoms with van der Waals surface area (Å²) >= 11 is 12.9. The maximum absolute atomic E-state index is 5.99. The highest BCUT2D eigenvalue weighted by Gasteiger charge is 2.10. The van der Waals surface area contributed by atoms with E-state index in [1.165, 1.54) is 0 Å². The fourth-order valence-electron chi connectivity index (χ4n) is 1.78. The van der Waals surface area contributed by atoms with Gasteiger partial charge in [0, 0.05) is 20.3 Å². The molecule has 0 atom stereocenters. The number of rotatable bonds is 0. The molecular weight excluding hydrogens is 355 g/mol. The molecule has 16 heavy (non-hydrogen) atoms. The second kappa shape index (κ2) is 3.76. The van der Waals surface area contributed by atoms with Crippen LogP contribution < -0.4 is 0 Å². The van der Waals surface area contributed by atoms with Crippen LogP contribution in [0.2, 0.25) is 5.02 Å². The van der Waals surface area contributed by atoms with Gasteiger partial charge in [0.05, 0.1) is 4.47 Å². The molecule has 0 fully saturated rings. The van der Waals surface area contributed by atoms with Gasteiger partial charge >= 0.3 is 0 Å². The van der Waals surface area contributed by atoms with Crippen LogP contribution in [0.1, 0.15) is 0 Å². The average Bonchev–Trinajstić information content (AvgIpc) is 2.57. The summed E-state index contributed by atoms with van der Waals surface area (Å²) in [6.45, 7) is 0. The molecular formula is C12H5Br2ClO. The van der Waals surface area contributed by atoms with Crippen molar-refractivity contribution in [2.45, 2.75) is 0 Å². The molecule has 1 nitrogen and oxygen atoms in total. The molecule has 4 heteroatoms. The van der Waals surface area contributed by atoms with E-state index in [-0.39, 0.29) is 0 Å². The molecule has 3 rings (SSSR count). The third kappa shape index (κ3) is 1.58. The van der Waals surface area contributed by atoms with Crippen molar-refractivity contribution < 1.29 is 4.42 Å². The third-order valence-corrected chi connectivity index (χ3v) is 3.73. The molecule has 0 N–H and O–H groups in total. The van der Waals surface area contributed by atoms with Gasteiger partial charge in [0.15, 0.2) is 0 Å². The summed E-state index contributed by atoms with van der Waals surface area (Å²) < 4.78 is 7.71. The topological polar surface area (TPSA) is 13.1 Å². The van der Waals surface area contributed by atoms with Gasteiger partial charge in [-0.2, -0.15) is 0 Å². The molecule has 80 valence electrons. The molecule has 3 aromatic rings. The first-order valence-electron chi connectivity index (χ1n) is 4.62. The summed E-state index contributed by atoms with van der Waals surface area (Å²) in [4.78, 5) is 0. The lowest BCUT2D eigenvalue weighted by Gasteiger charge is -1.94. The van der Waals surface area contributed by atoms with Gasteiger partial charge in [-0.3, -0.25) is 0 Å². The predicted molar refractivity (Wildman–Crippen MR) is 74.1 cm³/mol. The largest absolute Gasteiger partial charge is 0.455 e. The van der Waals surface area contributed by atoms with E-state index >= 15 is 0 Å². The lowest BCUT2D eigenvalue weighted by Crippen LogP contribution is -1.70. The van der Waals surface area contributed by atoms with Crippen molar-refractivity contribution in [2.75, 3.05) is 0 Å². The van der Waals surface area contributed by atoms with Crippen molar-refractivity contribution in [1.82, 2.24) is 0 Å². The van der Waals surface area contributed by atoms with Crippen LogP contribution in [0.3, 0.4) is 0 Å². The van der Waals surface area contributed by atoms with Gasteiger partial charge in [-0.1, -0.05) is 27.5 Å². The van der Waals surface area contributed by atoms with Crippen molar-refractivity contribution in [3.05, 3.63) is 44.3 Å². The molecule has 0 unspecified atom stereocenters. The highest BCUT2D eigenvalue weighted by molar-refractivity contribution is 9.11. The van der Waals surface area contributed by atoms with Gasteiger partial charge in [-0.05, 0) is 46.3 Å². The first kappa shape index (κ1) is 10.6. The summed E-state index contributed by atoms with van der Waals surface area (Å²) in [5, 5.41) is 2.80. The van der Waals surface area contributed by atoms with E-state index in [0.29, 0.717) is 5.02 Å². The Labute approximate surface area is 114 Å². The highest BCUT2D eigenvalue weighted by Crippen LogP contribution is 2.36. The van der Waals surface area contributed by atoms with E-state index in [2.05, 4.69) is 31.9 Å². The minimum atomic E-state index is 0.714. The van der Waals surface area contributed by atoms with Crippen molar-refractivity contribution in [2.24, 2.45) is 0 Å². The van der Waals surface area contributed by atoms with Gasteiger partial charge in [-0.25, -0.2) is 0 Å². The molecule has 0 radical (unpaired) electrons. The number of fused-ring (bicyclic) bond motifs is 3. The van der Waals surface area contributed by atoms with Crippen molar-refractivity contribution >= 4 is 65.4 Å². The number of furan rings is 1. The maximum Gasteiger partial charge on any atom is 0.149 e. The Morgan fingerprint density at radius 1 is 1.00 bits per heavy atom. The average molecular weight is 360 g/mol. The number of hydrogen-bond donors (Lipinski definition) is 0. The first-order chi connectivity index (χ1) is 7.65. The van der Waals surface area contributed by atoms with Crippen LogP contribution in [0.4, 0.5) is 0 Å². The Hall–Kier alpha value is -0.510. The number of benzene rings is 2. The van der Waals surface area contributed by atoms with Gasteiger partial charge in [0.25, 0.3) is 0 Å². The fraction of sp³-hybridized carbons (Fsp3) is 0. The quantitative estimate of drug-likeness (QED) is 0.496. The molecule has 1 aromatic heterocycles. The molecule has 0 spiro atoms. The third-order valence-electron chi connectivity index (χ3n) is 2.45. The normalized spacial score (nSPS) is 11.4. The zero-order chi connectivity index (χ0) is 11.3. The zero-order valence-electron chi connectivity index (χ0n) is 7.93. The Kier molecular flexibility index (Phi) is 2.50. The van der Waals surface area contributed by atoms with Crippen LogP contribution in [0.25, 0.3) is 21.9 Å². The second-order valence-electron chi connectivity index (χ2n) is 3.51. The van der Waals surface area contributed by atoms with Crippen LogP contribution in [0, 0.1) is 0 Å². The summed E-state index contributed by atoms with van der Waals surface area (Å²) in [6, 6.07) is 9.63. The SMILES string of the molecule is Clc1ccc2oc3c(Br)cc(Br)cc3c2c1. The minimum absolute atomic E-state index is 0.714. The van der Waals surface area contributed by atoms with Gasteiger partial charge in [0.2, 0.25) is 0 Å². The monoisotopic (exact) mass is 358 g/mol. The molecule has 0 amide bonds. The number of hydrogen-bond acceptors (Lipinski definition) is 1. The summed E-state index contributed by atoms with van der Waals surface area (Å²) in [5.41, 5.74) is 1.69. The smallest absolute Gasteiger partial charge is 0.149 e. The van der Waals surface area contributed by atoms with E-state index in [0.717, 1.165) is 30.9 Å². The fourth-order valence-corrected chi connectivity index (χ4v) is 3.25. The van der Waals surface area contributed by atoms with Gasteiger partial charge < -0.3 is 4.42 Å². The Bertz CT molecular complexity index is 703. The molecule has 0 saturated heterocycles. The van der Waals surface area contributed by atoms with Crippen LogP contribution in [0.5, 0.6) is 0 Å². The summed E-state index contributed by atoms with van der Waals surface area (Å²) in [5.74, 6) is 0. The molecule has 1 heterocycles. The highest BCUT2D eigenvalue weighted by atomic mass is 79.9. The van der Waals surface area contributed by atoms with Crippen LogP contribution >= 0.6 is 43.5 Å². The van der Waals surface area contributed by atoms with Crippen molar-refractivity contribution in [1.29, 1.82) is 0 Å². The zero-order valence-corrected chi connectivity index (χ0v) is 11.9. The molecule has 0 aliphatic carbocycles. The second-order valence-corrected chi connectivity index (χ2v) is 5.71. The Balaban J connectivity index is 2.57. The predicted octanol–water partition coefficient (Wildman–Crippen LogP) is 5.76. The van der Waals surface area contributed by atoms with E-state index in [4.69, 9.17) is 16.0 Å². The van der Waals surface area contributed by atoms with Gasteiger partial charge in [0.1, 0.15) is 11.2 Å². The maximum atomic E-state index is 5.99. The lowest BCUT2D eigenvalue weighted by molar-refractivity contribution is 0.666. The van der Waals surface area contributed by atoms with Crippen molar-refractivity contribution in [3.8, 4) is 0 Å². The standard InChI is InChI=1S/C12H5Br2ClO/c13-6-3-9-8-5-7(15)1-2-11(8)16-12(9)10(14)4-6/h1-5H. The molecule has 0 aliphatic rings. The molecule has 0 aliphatic heterocycles. The van der Waals surface area contributed by atoms with Gasteiger partial charge in [-0.15, -0.1) is 0 Å². The molecule has 2 aromatic carbocycles. The van der Waals surface area contributed by atoms with E-state index < -0.39 is 0 Å². The van der Waals surface area contributed by atoms with Crippen LogP contribution in [0.15, 0.2) is 43.7 Å².